The molecule has 2 aromatic heterocycles. The summed E-state index contributed by atoms with van der Waals surface area (Å²) in [6, 6.07) is 6.29. The van der Waals surface area contributed by atoms with Gasteiger partial charge in [0.2, 0.25) is 0 Å². The average molecular weight is 274 g/mol. The summed E-state index contributed by atoms with van der Waals surface area (Å²) >= 11 is 0. The number of aromatic nitrogens is 2. The molecule has 1 aliphatic heterocycles. The van der Waals surface area contributed by atoms with Gasteiger partial charge in [-0.15, -0.1) is 0 Å². The number of ether oxygens (including phenoxy) is 1. The molecule has 0 saturated carbocycles. The van der Waals surface area contributed by atoms with Crippen LogP contribution >= 0.6 is 0 Å². The molecule has 20 heavy (non-hydrogen) atoms. The van der Waals surface area contributed by atoms with Gasteiger partial charge in [-0.3, -0.25) is 4.90 Å². The first-order chi connectivity index (χ1) is 9.79. The molecule has 0 aromatic carbocycles. The van der Waals surface area contributed by atoms with E-state index < -0.39 is 0 Å². The van der Waals surface area contributed by atoms with Crippen LogP contribution in [0.1, 0.15) is 18.7 Å². The Labute approximate surface area is 119 Å². The van der Waals surface area contributed by atoms with Crippen molar-refractivity contribution in [3.63, 3.8) is 0 Å². The predicted octanol–water partition coefficient (Wildman–Crippen LogP) is 1.32. The summed E-state index contributed by atoms with van der Waals surface area (Å²) in [4.78, 5) is 7.10. The molecule has 0 aliphatic carbocycles. The van der Waals surface area contributed by atoms with Crippen LogP contribution < -0.4 is 5.32 Å². The van der Waals surface area contributed by atoms with Crippen molar-refractivity contribution in [2.45, 2.75) is 19.1 Å². The fraction of sp³-hybridized carbons (Fsp3) is 0.533. The van der Waals surface area contributed by atoms with Gasteiger partial charge in [-0.1, -0.05) is 13.0 Å². The van der Waals surface area contributed by atoms with Gasteiger partial charge in [0.05, 0.1) is 24.4 Å². The molecule has 1 fully saturated rings. The highest BCUT2D eigenvalue weighted by atomic mass is 16.5. The molecule has 0 spiro atoms. The van der Waals surface area contributed by atoms with Crippen LogP contribution in [0.5, 0.6) is 0 Å². The smallest absolute Gasteiger partial charge is 0.137 e. The van der Waals surface area contributed by atoms with Gasteiger partial charge in [-0.05, 0) is 25.7 Å². The minimum Gasteiger partial charge on any atom is -0.374 e. The maximum absolute atomic E-state index is 5.96. The lowest BCUT2D eigenvalue weighted by Crippen LogP contribution is -2.47. The largest absolute Gasteiger partial charge is 0.374 e. The van der Waals surface area contributed by atoms with Crippen LogP contribution in [0.3, 0.4) is 0 Å². The third-order valence-electron chi connectivity index (χ3n) is 3.88. The lowest BCUT2D eigenvalue weighted by atomic mass is 10.0. The second-order valence-electron chi connectivity index (χ2n) is 5.27. The fourth-order valence-electron chi connectivity index (χ4n) is 2.83. The minimum atomic E-state index is 0.151. The molecule has 0 bridgehead atoms. The third kappa shape index (κ3) is 2.57. The molecular formula is C15H22N4O. The van der Waals surface area contributed by atoms with Crippen LogP contribution in [-0.4, -0.2) is 53.7 Å². The van der Waals surface area contributed by atoms with E-state index in [4.69, 9.17) is 9.72 Å². The zero-order valence-electron chi connectivity index (χ0n) is 12.1. The highest BCUT2D eigenvalue weighted by Crippen LogP contribution is 2.27. The quantitative estimate of drug-likeness (QED) is 0.913. The SMILES string of the molecule is CCNCC1OCCN(C)C1c1cn2ccccc2n1. The molecule has 108 valence electrons. The Bertz CT molecular complexity index is 535. The second kappa shape index (κ2) is 5.91. The molecule has 3 rings (SSSR count). The normalized spacial score (nSPS) is 24.3. The van der Waals surface area contributed by atoms with Gasteiger partial charge in [-0.2, -0.15) is 0 Å². The molecule has 1 saturated heterocycles. The number of likely N-dealkylation sites (N-methyl/N-ethyl adjacent to an activating group) is 2. The van der Waals surface area contributed by atoms with Crippen LogP contribution in [0.15, 0.2) is 30.6 Å². The molecular weight excluding hydrogens is 252 g/mol. The van der Waals surface area contributed by atoms with Gasteiger partial charge in [0.25, 0.3) is 0 Å². The first kappa shape index (κ1) is 13.5. The lowest BCUT2D eigenvalue weighted by Gasteiger charge is -2.38. The zero-order chi connectivity index (χ0) is 13.9. The Morgan fingerprint density at radius 1 is 1.45 bits per heavy atom. The number of rotatable bonds is 4. The predicted molar refractivity (Wildman–Crippen MR) is 78.8 cm³/mol. The topological polar surface area (TPSA) is 41.8 Å². The highest BCUT2D eigenvalue weighted by molar-refractivity contribution is 5.40. The number of nitrogens with one attached hydrogen (secondary N) is 1. The van der Waals surface area contributed by atoms with Crippen molar-refractivity contribution in [3.05, 3.63) is 36.3 Å². The van der Waals surface area contributed by atoms with Gasteiger partial charge >= 0.3 is 0 Å². The molecule has 1 aliphatic rings. The molecule has 0 amide bonds. The first-order valence-corrected chi connectivity index (χ1v) is 7.26. The van der Waals surface area contributed by atoms with Gasteiger partial charge in [-0.25, -0.2) is 4.98 Å². The maximum atomic E-state index is 5.96. The minimum absolute atomic E-state index is 0.151. The number of fused-ring (bicyclic) bond motifs is 1. The summed E-state index contributed by atoms with van der Waals surface area (Å²) in [5.41, 5.74) is 2.07. The van der Waals surface area contributed by atoms with Crippen LogP contribution in [0, 0.1) is 0 Å². The van der Waals surface area contributed by atoms with E-state index in [1.807, 2.05) is 24.4 Å². The van der Waals surface area contributed by atoms with Gasteiger partial charge in [0.15, 0.2) is 0 Å². The van der Waals surface area contributed by atoms with Crippen molar-refractivity contribution in [1.82, 2.24) is 19.6 Å². The van der Waals surface area contributed by atoms with Crippen molar-refractivity contribution in [1.29, 1.82) is 0 Å². The highest BCUT2D eigenvalue weighted by Gasteiger charge is 2.32. The van der Waals surface area contributed by atoms with E-state index in [9.17, 15) is 0 Å². The number of hydrogen-bond donors (Lipinski definition) is 1. The number of imidazole rings is 1. The van der Waals surface area contributed by atoms with E-state index in [0.717, 1.165) is 37.6 Å². The van der Waals surface area contributed by atoms with Crippen molar-refractivity contribution in [2.24, 2.45) is 0 Å². The Hall–Kier alpha value is -1.43. The Kier molecular flexibility index (Phi) is 4.00. The van der Waals surface area contributed by atoms with E-state index in [1.54, 1.807) is 0 Å². The molecule has 5 nitrogen and oxygen atoms in total. The molecule has 3 heterocycles. The van der Waals surface area contributed by atoms with Gasteiger partial charge in [0, 0.05) is 25.5 Å². The first-order valence-electron chi connectivity index (χ1n) is 7.26. The van der Waals surface area contributed by atoms with Crippen LogP contribution in [0.25, 0.3) is 5.65 Å². The number of morpholine rings is 1. The third-order valence-corrected chi connectivity index (χ3v) is 3.88. The summed E-state index contributed by atoms with van der Waals surface area (Å²) in [5.74, 6) is 0. The number of nitrogens with zero attached hydrogens (tertiary/aromatic N) is 3. The summed E-state index contributed by atoms with van der Waals surface area (Å²) < 4.78 is 8.03. The molecule has 2 unspecified atom stereocenters. The van der Waals surface area contributed by atoms with E-state index in [1.165, 1.54) is 0 Å². The van der Waals surface area contributed by atoms with E-state index in [2.05, 4.69) is 34.8 Å². The maximum Gasteiger partial charge on any atom is 0.137 e. The van der Waals surface area contributed by atoms with Crippen LogP contribution in [0.4, 0.5) is 0 Å². The monoisotopic (exact) mass is 274 g/mol. The Morgan fingerprint density at radius 3 is 3.15 bits per heavy atom. The van der Waals surface area contributed by atoms with E-state index in [0.29, 0.717) is 0 Å². The van der Waals surface area contributed by atoms with Gasteiger partial charge in [0.1, 0.15) is 5.65 Å². The van der Waals surface area contributed by atoms with Crippen molar-refractivity contribution in [2.75, 3.05) is 33.3 Å². The molecule has 0 radical (unpaired) electrons. The summed E-state index contributed by atoms with van der Waals surface area (Å²) in [7, 11) is 2.15. The Balaban J connectivity index is 1.90. The van der Waals surface area contributed by atoms with E-state index >= 15 is 0 Å². The Morgan fingerprint density at radius 2 is 2.35 bits per heavy atom. The number of pyridine rings is 1. The molecule has 2 aromatic rings. The van der Waals surface area contributed by atoms with Gasteiger partial charge < -0.3 is 14.5 Å². The van der Waals surface area contributed by atoms with Crippen molar-refractivity contribution < 1.29 is 4.74 Å². The average Bonchev–Trinajstić information content (AvgIpc) is 2.88. The standard InChI is InChI=1S/C15H22N4O/c1-3-16-10-13-15(18(2)8-9-20-13)12-11-19-7-5-4-6-14(19)17-12/h4-7,11,13,15-16H,3,8-10H2,1-2H3. The summed E-state index contributed by atoms with van der Waals surface area (Å²) in [5, 5.41) is 3.39. The number of hydrogen-bond acceptors (Lipinski definition) is 4. The van der Waals surface area contributed by atoms with Crippen molar-refractivity contribution >= 4 is 5.65 Å². The molecule has 5 heteroatoms. The molecule has 1 N–H and O–H groups in total. The van der Waals surface area contributed by atoms with Crippen molar-refractivity contribution in [3.8, 4) is 0 Å². The summed E-state index contributed by atoms with van der Waals surface area (Å²) in [6.45, 7) is 5.67. The lowest BCUT2D eigenvalue weighted by molar-refractivity contribution is -0.0623. The molecule has 2 atom stereocenters. The fourth-order valence-corrected chi connectivity index (χ4v) is 2.83. The van der Waals surface area contributed by atoms with E-state index in [-0.39, 0.29) is 12.1 Å². The summed E-state index contributed by atoms with van der Waals surface area (Å²) in [6.07, 6.45) is 4.30. The zero-order valence-corrected chi connectivity index (χ0v) is 12.1. The second-order valence-corrected chi connectivity index (χ2v) is 5.27. The van der Waals surface area contributed by atoms with Crippen LogP contribution in [0.2, 0.25) is 0 Å². The van der Waals surface area contributed by atoms with Crippen LogP contribution in [-0.2, 0) is 4.74 Å².